The first-order chi connectivity index (χ1) is 15.5. The molecule has 5 nitrogen and oxygen atoms in total. The number of aromatic hydroxyl groups is 1. The lowest BCUT2D eigenvalue weighted by atomic mass is 9.93. The maximum absolute atomic E-state index is 13.4. The maximum Gasteiger partial charge on any atom is 0.123 e. The molecule has 0 saturated heterocycles. The Hall–Kier alpha value is -3.45. The zero-order valence-corrected chi connectivity index (χ0v) is 17.3. The monoisotopic (exact) mass is 438 g/mol. The molecule has 0 bridgehead atoms. The van der Waals surface area contributed by atoms with Crippen molar-refractivity contribution in [2.45, 2.75) is 25.0 Å². The summed E-state index contributed by atoms with van der Waals surface area (Å²) in [4.78, 5) is 0. The fourth-order valence-corrected chi connectivity index (χ4v) is 3.76. The standard InChI is InChI=1S/C25H24F2N2O3/c26-19-4-1-17(2-5-19)25(31)14-3-18-15-28-29(21-8-6-20(27)7-9-21)24(18)16-32-23-12-10-22(30)11-13-23/h1-2,4-13,15,18,24-25,30-31H,3,14,16H2/t18?,24-,25+/m1/s1. The zero-order valence-electron chi connectivity index (χ0n) is 17.3. The van der Waals surface area contributed by atoms with Crippen LogP contribution in [0.15, 0.2) is 77.9 Å². The third-order valence-electron chi connectivity index (χ3n) is 5.57. The zero-order chi connectivity index (χ0) is 22.5. The number of anilines is 1. The van der Waals surface area contributed by atoms with Crippen LogP contribution in [0.5, 0.6) is 11.5 Å². The molecule has 0 fully saturated rings. The van der Waals surface area contributed by atoms with Gasteiger partial charge in [0, 0.05) is 12.1 Å². The van der Waals surface area contributed by atoms with E-state index in [1.54, 1.807) is 53.5 Å². The predicted molar refractivity (Wildman–Crippen MR) is 119 cm³/mol. The van der Waals surface area contributed by atoms with Gasteiger partial charge in [0.05, 0.1) is 17.8 Å². The molecule has 0 saturated carbocycles. The van der Waals surface area contributed by atoms with Crippen LogP contribution in [-0.4, -0.2) is 29.1 Å². The Labute approximate surface area is 185 Å². The molecule has 32 heavy (non-hydrogen) atoms. The maximum atomic E-state index is 13.4. The minimum absolute atomic E-state index is 0.0210. The molecule has 3 atom stereocenters. The fourth-order valence-electron chi connectivity index (χ4n) is 3.76. The first-order valence-corrected chi connectivity index (χ1v) is 10.4. The van der Waals surface area contributed by atoms with Gasteiger partial charge in [0.25, 0.3) is 0 Å². The van der Waals surface area contributed by atoms with Crippen LogP contribution in [0.1, 0.15) is 24.5 Å². The SMILES string of the molecule is Oc1ccc(OC[C@@H]2C(CC[C@H](O)c3ccc(F)cc3)C=NN2c2ccc(F)cc2)cc1. The van der Waals surface area contributed by atoms with Gasteiger partial charge in [-0.1, -0.05) is 12.1 Å². The largest absolute Gasteiger partial charge is 0.508 e. The summed E-state index contributed by atoms with van der Waals surface area (Å²) < 4.78 is 32.5. The van der Waals surface area contributed by atoms with Crippen molar-refractivity contribution in [2.75, 3.05) is 11.6 Å². The average Bonchev–Trinajstić information content (AvgIpc) is 3.21. The van der Waals surface area contributed by atoms with Crippen LogP contribution in [0.25, 0.3) is 0 Å². The Kier molecular flexibility index (Phi) is 6.66. The molecule has 0 amide bonds. The molecular formula is C25H24F2N2O3. The Morgan fingerprint density at radius 3 is 2.19 bits per heavy atom. The van der Waals surface area contributed by atoms with Gasteiger partial charge in [0.15, 0.2) is 0 Å². The summed E-state index contributed by atoms with van der Waals surface area (Å²) in [6.07, 6.45) is 2.20. The van der Waals surface area contributed by atoms with Gasteiger partial charge in [-0.15, -0.1) is 0 Å². The van der Waals surface area contributed by atoms with E-state index in [9.17, 15) is 19.0 Å². The summed E-state index contributed by atoms with van der Waals surface area (Å²) >= 11 is 0. The van der Waals surface area contributed by atoms with Crippen molar-refractivity contribution in [3.8, 4) is 11.5 Å². The molecule has 2 N–H and O–H groups in total. The molecule has 0 radical (unpaired) electrons. The molecule has 4 rings (SSSR count). The number of halogens is 2. The molecule has 1 heterocycles. The van der Waals surface area contributed by atoms with Crippen LogP contribution in [0.2, 0.25) is 0 Å². The molecule has 7 heteroatoms. The number of hydrazone groups is 1. The van der Waals surface area contributed by atoms with Gasteiger partial charge in [0.1, 0.15) is 29.7 Å². The highest BCUT2D eigenvalue weighted by Crippen LogP contribution is 2.31. The molecule has 3 aromatic carbocycles. The fraction of sp³-hybridized carbons (Fsp3) is 0.240. The lowest BCUT2D eigenvalue weighted by Crippen LogP contribution is -2.38. The smallest absolute Gasteiger partial charge is 0.123 e. The average molecular weight is 438 g/mol. The van der Waals surface area contributed by atoms with Gasteiger partial charge >= 0.3 is 0 Å². The Morgan fingerprint density at radius 1 is 0.906 bits per heavy atom. The van der Waals surface area contributed by atoms with E-state index < -0.39 is 6.10 Å². The second kappa shape index (κ2) is 9.78. The minimum atomic E-state index is -0.720. The van der Waals surface area contributed by atoms with E-state index in [-0.39, 0.29) is 29.3 Å². The van der Waals surface area contributed by atoms with E-state index in [2.05, 4.69) is 5.10 Å². The Balaban J connectivity index is 1.46. The van der Waals surface area contributed by atoms with Crippen molar-refractivity contribution in [1.82, 2.24) is 0 Å². The summed E-state index contributed by atoms with van der Waals surface area (Å²) in [6, 6.07) is 18.2. The number of phenols is 1. The van der Waals surface area contributed by atoms with Gasteiger partial charge in [-0.05, 0) is 79.1 Å². The number of nitrogens with zero attached hydrogens (tertiary/aromatic N) is 2. The first-order valence-electron chi connectivity index (χ1n) is 10.4. The third-order valence-corrected chi connectivity index (χ3v) is 5.57. The number of benzene rings is 3. The highest BCUT2D eigenvalue weighted by Gasteiger charge is 2.33. The topological polar surface area (TPSA) is 65.3 Å². The molecule has 0 aliphatic carbocycles. The third kappa shape index (κ3) is 5.23. The second-order valence-electron chi connectivity index (χ2n) is 7.77. The Morgan fingerprint density at radius 2 is 1.53 bits per heavy atom. The molecule has 1 aliphatic heterocycles. The minimum Gasteiger partial charge on any atom is -0.508 e. The van der Waals surface area contributed by atoms with Crippen LogP contribution in [-0.2, 0) is 0 Å². The number of aliphatic hydroxyl groups excluding tert-OH is 1. The summed E-state index contributed by atoms with van der Waals surface area (Å²) in [5, 5.41) is 26.3. The molecule has 3 aromatic rings. The van der Waals surface area contributed by atoms with Crippen molar-refractivity contribution >= 4 is 11.9 Å². The van der Waals surface area contributed by atoms with Crippen molar-refractivity contribution in [2.24, 2.45) is 11.0 Å². The van der Waals surface area contributed by atoms with Gasteiger partial charge in [-0.2, -0.15) is 5.10 Å². The number of rotatable bonds is 8. The van der Waals surface area contributed by atoms with Gasteiger partial charge in [0.2, 0.25) is 0 Å². The molecule has 0 spiro atoms. The predicted octanol–water partition coefficient (Wildman–Crippen LogP) is 5.05. The highest BCUT2D eigenvalue weighted by molar-refractivity contribution is 5.69. The summed E-state index contributed by atoms with van der Waals surface area (Å²) in [5.74, 6) is 0.0753. The molecule has 0 aromatic heterocycles. The second-order valence-corrected chi connectivity index (χ2v) is 7.77. The van der Waals surface area contributed by atoms with E-state index in [0.29, 0.717) is 30.8 Å². The van der Waals surface area contributed by atoms with Gasteiger partial charge in [-0.3, -0.25) is 5.01 Å². The van der Waals surface area contributed by atoms with Crippen molar-refractivity contribution in [3.05, 3.63) is 90.0 Å². The number of hydrogen-bond donors (Lipinski definition) is 2. The van der Waals surface area contributed by atoms with E-state index in [1.165, 1.54) is 24.3 Å². The number of aliphatic hydroxyl groups is 1. The van der Waals surface area contributed by atoms with Gasteiger partial charge < -0.3 is 14.9 Å². The summed E-state index contributed by atoms with van der Waals surface area (Å²) in [6.45, 7) is 0.305. The van der Waals surface area contributed by atoms with E-state index in [0.717, 1.165) is 5.69 Å². The van der Waals surface area contributed by atoms with Crippen LogP contribution >= 0.6 is 0 Å². The Bertz CT molecular complexity index is 1040. The molecular weight excluding hydrogens is 414 g/mol. The van der Waals surface area contributed by atoms with Crippen molar-refractivity contribution in [3.63, 3.8) is 0 Å². The van der Waals surface area contributed by atoms with E-state index in [4.69, 9.17) is 4.74 Å². The quantitative estimate of drug-likeness (QED) is 0.516. The number of hydrogen-bond acceptors (Lipinski definition) is 5. The number of phenolic OH excluding ortho intramolecular Hbond substituents is 1. The van der Waals surface area contributed by atoms with Crippen LogP contribution in [0.3, 0.4) is 0 Å². The van der Waals surface area contributed by atoms with E-state index in [1.807, 2.05) is 6.21 Å². The van der Waals surface area contributed by atoms with Crippen LogP contribution in [0.4, 0.5) is 14.5 Å². The lowest BCUT2D eigenvalue weighted by Gasteiger charge is -2.28. The molecule has 1 aliphatic rings. The number of ether oxygens (including phenoxy) is 1. The van der Waals surface area contributed by atoms with Crippen molar-refractivity contribution in [1.29, 1.82) is 0 Å². The van der Waals surface area contributed by atoms with Crippen molar-refractivity contribution < 1.29 is 23.7 Å². The summed E-state index contributed by atoms with van der Waals surface area (Å²) in [7, 11) is 0. The normalized spacial score (nSPS) is 18.7. The molecule has 166 valence electrons. The first kappa shape index (κ1) is 21.8. The highest BCUT2D eigenvalue weighted by atomic mass is 19.1. The van der Waals surface area contributed by atoms with E-state index >= 15 is 0 Å². The summed E-state index contributed by atoms with van der Waals surface area (Å²) in [5.41, 5.74) is 1.40. The molecule has 1 unspecified atom stereocenters. The lowest BCUT2D eigenvalue weighted by molar-refractivity contribution is 0.157. The van der Waals surface area contributed by atoms with Crippen LogP contribution in [0, 0.1) is 17.6 Å². The van der Waals surface area contributed by atoms with Gasteiger partial charge in [-0.25, -0.2) is 8.78 Å². The van der Waals surface area contributed by atoms with Crippen LogP contribution < -0.4 is 9.75 Å².